The van der Waals surface area contributed by atoms with Gasteiger partial charge in [0.15, 0.2) is 0 Å². The lowest BCUT2D eigenvalue weighted by atomic mass is 10.1. The van der Waals surface area contributed by atoms with Crippen molar-refractivity contribution in [1.82, 2.24) is 9.55 Å². The van der Waals surface area contributed by atoms with Gasteiger partial charge in [0.25, 0.3) is 0 Å². The maximum absolute atomic E-state index is 12.7. The molecule has 29 heavy (non-hydrogen) atoms. The summed E-state index contributed by atoms with van der Waals surface area (Å²) in [5.74, 6) is 0.771. The molecule has 150 valence electrons. The largest absolute Gasteiger partial charge is 0.488 e. The summed E-state index contributed by atoms with van der Waals surface area (Å²) >= 11 is 3.75. The quantitative estimate of drug-likeness (QED) is 0.205. The molecule has 8 heteroatoms. The van der Waals surface area contributed by atoms with E-state index in [1.807, 2.05) is 31.3 Å². The number of hydrogen-bond acceptors (Lipinski definition) is 3. The number of aromatic nitrogens is 2. The standard InChI is InChI=1S/C21H16F3IN2OS/c1-13-19(11-28-17-6-7-18-15(10-17)8-9-27(18)12-25)29-20(26-13)14-2-4-16(5-3-14)21(22,23)24/h2-10H,11-12H2,1H3. The second-order valence-electron chi connectivity index (χ2n) is 6.52. The lowest BCUT2D eigenvalue weighted by Crippen LogP contribution is -2.03. The number of benzene rings is 2. The highest BCUT2D eigenvalue weighted by atomic mass is 127. The first-order valence-corrected chi connectivity index (χ1v) is 11.1. The Kier molecular flexibility index (Phi) is 5.56. The fourth-order valence-corrected chi connectivity index (χ4v) is 4.58. The summed E-state index contributed by atoms with van der Waals surface area (Å²) in [6, 6.07) is 13.1. The normalized spacial score (nSPS) is 11.9. The van der Waals surface area contributed by atoms with Gasteiger partial charge in [-0.25, -0.2) is 4.98 Å². The van der Waals surface area contributed by atoms with Crippen molar-refractivity contribution in [3.8, 4) is 16.3 Å². The van der Waals surface area contributed by atoms with Crippen molar-refractivity contribution in [3.63, 3.8) is 0 Å². The van der Waals surface area contributed by atoms with Crippen LogP contribution in [0.15, 0.2) is 54.7 Å². The summed E-state index contributed by atoms with van der Waals surface area (Å²) in [7, 11) is 0. The minimum atomic E-state index is -4.34. The molecule has 2 aromatic carbocycles. The second-order valence-corrected chi connectivity index (χ2v) is 8.28. The first-order valence-electron chi connectivity index (χ1n) is 8.77. The van der Waals surface area contributed by atoms with E-state index < -0.39 is 11.7 Å². The molecule has 2 aromatic heterocycles. The van der Waals surface area contributed by atoms with Crippen molar-refractivity contribution in [3.05, 3.63) is 70.9 Å². The van der Waals surface area contributed by atoms with Crippen molar-refractivity contribution >= 4 is 44.8 Å². The van der Waals surface area contributed by atoms with Crippen molar-refractivity contribution in [2.45, 2.75) is 24.3 Å². The number of ether oxygens (including phenoxy) is 1. The van der Waals surface area contributed by atoms with E-state index in [1.54, 1.807) is 0 Å². The molecule has 0 spiro atoms. The van der Waals surface area contributed by atoms with Crippen molar-refractivity contribution in [2.75, 3.05) is 0 Å². The van der Waals surface area contributed by atoms with Crippen LogP contribution in [0.1, 0.15) is 16.1 Å². The van der Waals surface area contributed by atoms with Crippen LogP contribution in [-0.4, -0.2) is 9.55 Å². The molecular weight excluding hydrogens is 512 g/mol. The highest BCUT2D eigenvalue weighted by Gasteiger charge is 2.30. The van der Waals surface area contributed by atoms with Gasteiger partial charge in [-0.15, -0.1) is 11.3 Å². The number of nitrogens with zero attached hydrogens (tertiary/aromatic N) is 2. The Labute approximate surface area is 183 Å². The third kappa shape index (κ3) is 4.28. The van der Waals surface area contributed by atoms with Crippen molar-refractivity contribution in [1.29, 1.82) is 0 Å². The zero-order chi connectivity index (χ0) is 20.6. The Morgan fingerprint density at radius 1 is 1.10 bits per heavy atom. The van der Waals surface area contributed by atoms with E-state index in [1.165, 1.54) is 23.5 Å². The zero-order valence-corrected chi connectivity index (χ0v) is 18.3. The molecule has 0 fully saturated rings. The number of aryl methyl sites for hydroxylation is 1. The van der Waals surface area contributed by atoms with Gasteiger partial charge >= 0.3 is 6.18 Å². The molecule has 0 radical (unpaired) electrons. The average Bonchev–Trinajstić information content (AvgIpc) is 3.28. The van der Waals surface area contributed by atoms with E-state index >= 15 is 0 Å². The highest BCUT2D eigenvalue weighted by Crippen LogP contribution is 2.33. The van der Waals surface area contributed by atoms with Gasteiger partial charge in [0.1, 0.15) is 17.4 Å². The second kappa shape index (κ2) is 7.98. The molecule has 0 N–H and O–H groups in total. The Balaban J connectivity index is 1.50. The molecule has 2 heterocycles. The van der Waals surface area contributed by atoms with Crippen LogP contribution >= 0.6 is 33.9 Å². The number of halogens is 4. The number of hydrogen-bond donors (Lipinski definition) is 0. The molecule has 4 rings (SSSR count). The Morgan fingerprint density at radius 3 is 2.55 bits per heavy atom. The van der Waals surface area contributed by atoms with Gasteiger partial charge in [0.2, 0.25) is 0 Å². The molecule has 0 amide bonds. The van der Waals surface area contributed by atoms with Gasteiger partial charge in [0.05, 0.1) is 20.7 Å². The van der Waals surface area contributed by atoms with Crippen LogP contribution in [-0.2, 0) is 17.3 Å². The zero-order valence-electron chi connectivity index (χ0n) is 15.3. The topological polar surface area (TPSA) is 27.1 Å². The fraction of sp³-hybridized carbons (Fsp3) is 0.190. The van der Waals surface area contributed by atoms with Crippen LogP contribution < -0.4 is 4.74 Å². The summed E-state index contributed by atoms with van der Waals surface area (Å²) in [6.07, 6.45) is -2.29. The van der Waals surface area contributed by atoms with E-state index in [2.05, 4.69) is 38.2 Å². The van der Waals surface area contributed by atoms with Gasteiger partial charge in [-0.2, -0.15) is 13.2 Å². The Bertz CT molecular complexity index is 1150. The maximum Gasteiger partial charge on any atom is 0.416 e. The number of alkyl halides is 4. The molecule has 0 aliphatic heterocycles. The lowest BCUT2D eigenvalue weighted by Gasteiger charge is -2.06. The summed E-state index contributed by atoms with van der Waals surface area (Å²) in [4.78, 5) is 5.45. The molecule has 0 aliphatic rings. The molecule has 4 aromatic rings. The number of fused-ring (bicyclic) bond motifs is 1. The van der Waals surface area contributed by atoms with Gasteiger partial charge in [-0.05, 0) is 43.3 Å². The smallest absolute Gasteiger partial charge is 0.416 e. The third-order valence-electron chi connectivity index (χ3n) is 4.59. The number of thiazole rings is 1. The van der Waals surface area contributed by atoms with Crippen LogP contribution in [0.4, 0.5) is 13.2 Å². The van der Waals surface area contributed by atoms with Crippen LogP contribution in [0.3, 0.4) is 0 Å². The molecular formula is C21H16F3IN2OS. The van der Waals surface area contributed by atoms with Crippen LogP contribution in [0.5, 0.6) is 5.75 Å². The van der Waals surface area contributed by atoms with Gasteiger partial charge in [0, 0.05) is 22.7 Å². The lowest BCUT2D eigenvalue weighted by molar-refractivity contribution is -0.137. The minimum absolute atomic E-state index is 0.364. The molecule has 0 unspecified atom stereocenters. The Hall–Kier alpha value is -2.07. The van der Waals surface area contributed by atoms with Crippen LogP contribution in [0.25, 0.3) is 21.5 Å². The van der Waals surface area contributed by atoms with Crippen LogP contribution in [0.2, 0.25) is 0 Å². The predicted octanol–water partition coefficient (Wildman–Crippen LogP) is 7.06. The third-order valence-corrected chi connectivity index (χ3v) is 6.51. The highest BCUT2D eigenvalue weighted by molar-refractivity contribution is 14.1. The predicted molar refractivity (Wildman–Crippen MR) is 118 cm³/mol. The summed E-state index contributed by atoms with van der Waals surface area (Å²) in [5, 5.41) is 1.80. The molecule has 0 saturated heterocycles. The molecule has 0 atom stereocenters. The number of rotatable bonds is 5. The minimum Gasteiger partial charge on any atom is -0.488 e. The van der Waals surface area contributed by atoms with E-state index in [0.29, 0.717) is 17.2 Å². The molecule has 3 nitrogen and oxygen atoms in total. The fourth-order valence-electron chi connectivity index (χ4n) is 3.01. The van der Waals surface area contributed by atoms with E-state index in [9.17, 15) is 13.2 Å². The molecule has 0 saturated carbocycles. The monoisotopic (exact) mass is 528 g/mol. The maximum atomic E-state index is 12.7. The first-order chi connectivity index (χ1) is 13.8. The van der Waals surface area contributed by atoms with Gasteiger partial charge in [-0.1, -0.05) is 34.7 Å². The molecule has 0 aliphatic carbocycles. The van der Waals surface area contributed by atoms with Crippen molar-refractivity contribution < 1.29 is 17.9 Å². The van der Waals surface area contributed by atoms with Gasteiger partial charge < -0.3 is 9.30 Å². The van der Waals surface area contributed by atoms with E-state index in [0.717, 1.165) is 43.9 Å². The SMILES string of the molecule is Cc1nc(-c2ccc(C(F)(F)F)cc2)sc1COc1ccc2c(ccn2CI)c1. The average molecular weight is 528 g/mol. The first kappa shape index (κ1) is 20.2. The van der Waals surface area contributed by atoms with Gasteiger partial charge in [-0.3, -0.25) is 0 Å². The molecule has 0 bridgehead atoms. The van der Waals surface area contributed by atoms with E-state index in [-0.39, 0.29) is 0 Å². The van der Waals surface area contributed by atoms with Crippen LogP contribution in [0, 0.1) is 6.92 Å². The summed E-state index contributed by atoms with van der Waals surface area (Å²) < 4.78 is 47.2. The van der Waals surface area contributed by atoms with E-state index in [4.69, 9.17) is 4.74 Å². The Morgan fingerprint density at radius 2 is 1.86 bits per heavy atom. The van der Waals surface area contributed by atoms with Crippen molar-refractivity contribution in [2.24, 2.45) is 0 Å². The summed E-state index contributed by atoms with van der Waals surface area (Å²) in [6.45, 7) is 2.25. The summed E-state index contributed by atoms with van der Waals surface area (Å²) in [5.41, 5.74) is 1.98.